The molecule has 1 aromatic heterocycles. The number of primary amides is 1. The van der Waals surface area contributed by atoms with Gasteiger partial charge in [0.2, 0.25) is 5.91 Å². The van der Waals surface area contributed by atoms with E-state index in [9.17, 15) is 26.4 Å². The smallest absolute Gasteiger partial charge is 0.405 e. The lowest BCUT2D eigenvalue weighted by Gasteiger charge is -2.15. The van der Waals surface area contributed by atoms with Crippen molar-refractivity contribution >= 4 is 15.7 Å². The van der Waals surface area contributed by atoms with Crippen molar-refractivity contribution in [2.75, 3.05) is 5.75 Å². The molecule has 0 radical (unpaired) electrons. The quantitative estimate of drug-likeness (QED) is 0.572. The monoisotopic (exact) mass is 465 g/mol. The number of para-hydroxylation sites is 1. The first-order chi connectivity index (χ1) is 15.0. The molecule has 7 nitrogen and oxygen atoms in total. The molecule has 0 bridgehead atoms. The molecular weight excluding hydrogens is 447 g/mol. The maximum atomic E-state index is 12.7. The first-order valence-electron chi connectivity index (χ1n) is 9.31. The van der Waals surface area contributed by atoms with Gasteiger partial charge in [0.05, 0.1) is 34.4 Å². The number of benzene rings is 2. The Morgan fingerprint density at radius 1 is 1.06 bits per heavy atom. The first kappa shape index (κ1) is 23.2. The van der Waals surface area contributed by atoms with Crippen LogP contribution in [0, 0.1) is 0 Å². The largest absolute Gasteiger partial charge is 0.573 e. The Morgan fingerprint density at radius 2 is 1.72 bits per heavy atom. The maximum absolute atomic E-state index is 12.7. The van der Waals surface area contributed by atoms with Crippen LogP contribution in [0.1, 0.15) is 24.1 Å². The normalized spacial score (nSPS) is 12.9. The number of nitrogens with zero attached hydrogens (tertiary/aromatic N) is 2. The van der Waals surface area contributed by atoms with Crippen LogP contribution in [-0.4, -0.2) is 36.4 Å². The van der Waals surface area contributed by atoms with Crippen LogP contribution in [-0.2, 0) is 14.6 Å². The van der Waals surface area contributed by atoms with Crippen LogP contribution >= 0.6 is 0 Å². The summed E-state index contributed by atoms with van der Waals surface area (Å²) >= 11 is 0. The number of amides is 1. The second-order valence-electron chi connectivity index (χ2n) is 6.68. The topological polar surface area (TPSA) is 112 Å². The Balaban J connectivity index is 1.94. The standard InChI is InChI=1S/C21H18F3N3O4S/c1-2-32(29,30)14-9-7-13(8-10-14)19(20(25)28)17-12-26-16(11-27-17)15-5-3-4-6-18(15)31-21(22,23)24/h3-12,19H,2H2,1H3,(H2,25,28). The molecule has 168 valence electrons. The molecule has 0 fully saturated rings. The Hall–Kier alpha value is -3.47. The minimum absolute atomic E-state index is 0.0635. The van der Waals surface area contributed by atoms with Gasteiger partial charge in [0.1, 0.15) is 11.7 Å². The number of nitrogens with two attached hydrogens (primary N) is 1. The summed E-state index contributed by atoms with van der Waals surface area (Å²) in [5, 5.41) is 0. The molecule has 0 saturated heterocycles. The Bertz CT molecular complexity index is 1210. The van der Waals surface area contributed by atoms with Crippen molar-refractivity contribution < 1.29 is 31.1 Å². The van der Waals surface area contributed by atoms with Gasteiger partial charge in [-0.2, -0.15) is 0 Å². The molecule has 1 heterocycles. The van der Waals surface area contributed by atoms with Crippen LogP contribution in [0.25, 0.3) is 11.3 Å². The van der Waals surface area contributed by atoms with E-state index in [0.29, 0.717) is 5.56 Å². The number of rotatable bonds is 7. The SMILES string of the molecule is CCS(=O)(=O)c1ccc(C(C(N)=O)c2cnc(-c3ccccc3OC(F)(F)F)cn2)cc1. The van der Waals surface area contributed by atoms with E-state index in [2.05, 4.69) is 14.7 Å². The van der Waals surface area contributed by atoms with Gasteiger partial charge in [-0.05, 0) is 29.8 Å². The van der Waals surface area contributed by atoms with E-state index in [1.807, 2.05) is 0 Å². The molecule has 2 N–H and O–H groups in total. The van der Waals surface area contributed by atoms with E-state index >= 15 is 0 Å². The molecule has 1 amide bonds. The molecule has 3 rings (SSSR count). The van der Waals surface area contributed by atoms with Gasteiger partial charge in [-0.15, -0.1) is 13.2 Å². The third kappa shape index (κ3) is 5.22. The van der Waals surface area contributed by atoms with Crippen LogP contribution in [0.2, 0.25) is 0 Å². The third-order valence-corrected chi connectivity index (χ3v) is 6.34. The van der Waals surface area contributed by atoms with Crippen molar-refractivity contribution in [1.82, 2.24) is 9.97 Å². The van der Waals surface area contributed by atoms with Crippen LogP contribution in [0.3, 0.4) is 0 Å². The molecule has 0 aliphatic rings. The average Bonchev–Trinajstić information content (AvgIpc) is 2.74. The van der Waals surface area contributed by atoms with Gasteiger partial charge in [-0.3, -0.25) is 14.8 Å². The zero-order valence-electron chi connectivity index (χ0n) is 16.7. The summed E-state index contributed by atoms with van der Waals surface area (Å²) in [7, 11) is -3.42. The Kier molecular flexibility index (Phi) is 6.49. The molecule has 1 atom stereocenters. The molecule has 0 saturated carbocycles. The zero-order valence-corrected chi connectivity index (χ0v) is 17.5. The number of ether oxygens (including phenoxy) is 1. The highest BCUT2D eigenvalue weighted by molar-refractivity contribution is 7.91. The zero-order chi connectivity index (χ0) is 23.5. The summed E-state index contributed by atoms with van der Waals surface area (Å²) in [5.74, 6) is -2.30. The van der Waals surface area contributed by atoms with E-state index in [1.54, 1.807) is 0 Å². The van der Waals surface area contributed by atoms with Crippen molar-refractivity contribution in [1.29, 1.82) is 0 Å². The summed E-state index contributed by atoms with van der Waals surface area (Å²) in [6, 6.07) is 11.1. The van der Waals surface area contributed by atoms with Gasteiger partial charge in [0, 0.05) is 5.56 Å². The van der Waals surface area contributed by atoms with E-state index < -0.39 is 33.8 Å². The number of sulfone groups is 1. The molecule has 0 aliphatic carbocycles. The van der Waals surface area contributed by atoms with Crippen LogP contribution in [0.4, 0.5) is 13.2 Å². The first-order valence-corrected chi connectivity index (χ1v) is 11.0. The van der Waals surface area contributed by atoms with Crippen molar-refractivity contribution in [2.45, 2.75) is 24.1 Å². The van der Waals surface area contributed by atoms with Gasteiger partial charge in [-0.1, -0.05) is 31.2 Å². The molecule has 2 aromatic carbocycles. The molecule has 3 aromatic rings. The predicted molar refractivity (Wildman–Crippen MR) is 109 cm³/mol. The summed E-state index contributed by atoms with van der Waals surface area (Å²) in [5.41, 5.74) is 6.24. The van der Waals surface area contributed by atoms with Crippen molar-refractivity contribution in [2.24, 2.45) is 5.73 Å². The van der Waals surface area contributed by atoms with Crippen molar-refractivity contribution in [3.8, 4) is 17.0 Å². The highest BCUT2D eigenvalue weighted by Gasteiger charge is 2.32. The van der Waals surface area contributed by atoms with E-state index in [4.69, 9.17) is 5.73 Å². The lowest BCUT2D eigenvalue weighted by Crippen LogP contribution is -2.23. The predicted octanol–water partition coefficient (Wildman–Crippen LogP) is 3.45. The van der Waals surface area contributed by atoms with Crippen LogP contribution < -0.4 is 10.5 Å². The number of aromatic nitrogens is 2. The number of halogens is 3. The van der Waals surface area contributed by atoms with Gasteiger partial charge < -0.3 is 10.5 Å². The summed E-state index contributed by atoms with van der Waals surface area (Å²) in [4.78, 5) is 20.5. The molecular formula is C21H18F3N3O4S. The van der Waals surface area contributed by atoms with Gasteiger partial charge >= 0.3 is 6.36 Å². The lowest BCUT2D eigenvalue weighted by atomic mass is 9.95. The molecule has 11 heteroatoms. The van der Waals surface area contributed by atoms with E-state index in [0.717, 1.165) is 6.07 Å². The fourth-order valence-corrected chi connectivity index (χ4v) is 3.92. The molecule has 1 unspecified atom stereocenters. The fourth-order valence-electron chi connectivity index (χ4n) is 3.03. The second kappa shape index (κ2) is 8.95. The minimum atomic E-state index is -4.88. The number of hydrogen-bond donors (Lipinski definition) is 1. The average molecular weight is 465 g/mol. The summed E-state index contributed by atoms with van der Waals surface area (Å²) in [6.45, 7) is 1.52. The Labute approximate surface area is 182 Å². The van der Waals surface area contributed by atoms with Crippen molar-refractivity contribution in [3.63, 3.8) is 0 Å². The lowest BCUT2D eigenvalue weighted by molar-refractivity contribution is -0.274. The Morgan fingerprint density at radius 3 is 2.25 bits per heavy atom. The number of carbonyl (C=O) groups excluding carboxylic acids is 1. The van der Waals surface area contributed by atoms with E-state index in [1.165, 1.54) is 61.8 Å². The fraction of sp³-hybridized carbons (Fsp3) is 0.190. The highest BCUT2D eigenvalue weighted by atomic mass is 32.2. The van der Waals surface area contributed by atoms with E-state index in [-0.39, 0.29) is 27.6 Å². The van der Waals surface area contributed by atoms with Crippen LogP contribution in [0.15, 0.2) is 65.8 Å². The molecule has 0 aliphatic heterocycles. The van der Waals surface area contributed by atoms with Crippen molar-refractivity contribution in [3.05, 3.63) is 72.2 Å². The highest BCUT2D eigenvalue weighted by Crippen LogP contribution is 2.33. The number of carbonyl (C=O) groups is 1. The van der Waals surface area contributed by atoms with Gasteiger partial charge in [-0.25, -0.2) is 8.42 Å². The maximum Gasteiger partial charge on any atom is 0.573 e. The second-order valence-corrected chi connectivity index (χ2v) is 8.96. The van der Waals surface area contributed by atoms with Gasteiger partial charge in [0.25, 0.3) is 0 Å². The number of hydrogen-bond acceptors (Lipinski definition) is 6. The summed E-state index contributed by atoms with van der Waals surface area (Å²) < 4.78 is 66.0. The summed E-state index contributed by atoms with van der Waals surface area (Å²) in [6.07, 6.45) is -2.44. The molecule has 0 spiro atoms. The third-order valence-electron chi connectivity index (χ3n) is 4.59. The number of alkyl halides is 3. The van der Waals surface area contributed by atoms with Crippen LogP contribution in [0.5, 0.6) is 5.75 Å². The molecule has 32 heavy (non-hydrogen) atoms. The van der Waals surface area contributed by atoms with Gasteiger partial charge in [0.15, 0.2) is 9.84 Å². The minimum Gasteiger partial charge on any atom is -0.405 e.